The van der Waals surface area contributed by atoms with E-state index in [0.717, 1.165) is 28.4 Å². The van der Waals surface area contributed by atoms with Crippen LogP contribution in [0.5, 0.6) is 5.75 Å². The van der Waals surface area contributed by atoms with Gasteiger partial charge < -0.3 is 10.1 Å². The Balaban J connectivity index is 1.40. The third kappa shape index (κ3) is 4.30. The van der Waals surface area contributed by atoms with Crippen LogP contribution in [0, 0.1) is 6.92 Å². The van der Waals surface area contributed by atoms with Crippen molar-refractivity contribution in [2.24, 2.45) is 0 Å². The summed E-state index contributed by atoms with van der Waals surface area (Å²) in [6.07, 6.45) is 3.54. The van der Waals surface area contributed by atoms with Gasteiger partial charge in [0, 0.05) is 36.1 Å². The predicted molar refractivity (Wildman–Crippen MR) is 110 cm³/mol. The number of aromatic nitrogens is 3. The number of rotatable bonds is 5. The van der Waals surface area contributed by atoms with Crippen LogP contribution in [-0.2, 0) is 11.3 Å². The van der Waals surface area contributed by atoms with E-state index in [1.807, 2.05) is 56.3 Å². The van der Waals surface area contributed by atoms with E-state index in [4.69, 9.17) is 4.74 Å². The molecular weight excluding hydrogens is 366 g/mol. The van der Waals surface area contributed by atoms with E-state index in [1.165, 1.54) is 0 Å². The van der Waals surface area contributed by atoms with Crippen molar-refractivity contribution in [3.8, 4) is 11.6 Å². The second-order valence-electron chi connectivity index (χ2n) is 7.24. The van der Waals surface area contributed by atoms with Crippen LogP contribution in [0.4, 0.5) is 0 Å². The van der Waals surface area contributed by atoms with Crippen molar-refractivity contribution in [3.05, 3.63) is 71.7 Å². The van der Waals surface area contributed by atoms with Gasteiger partial charge in [-0.3, -0.25) is 9.69 Å². The van der Waals surface area contributed by atoms with Crippen LogP contribution in [0.3, 0.4) is 0 Å². The predicted octanol–water partition coefficient (Wildman–Crippen LogP) is 2.65. The Hall–Kier alpha value is -3.19. The fourth-order valence-corrected chi connectivity index (χ4v) is 3.64. The van der Waals surface area contributed by atoms with E-state index in [9.17, 15) is 4.79 Å². The van der Waals surface area contributed by atoms with Gasteiger partial charge in [-0.15, -0.1) is 0 Å². The molecule has 4 rings (SSSR count). The Kier molecular flexibility index (Phi) is 5.57. The molecule has 0 radical (unpaired) electrons. The Morgan fingerprint density at radius 3 is 2.90 bits per heavy atom. The zero-order valence-corrected chi connectivity index (χ0v) is 16.7. The van der Waals surface area contributed by atoms with Gasteiger partial charge in [-0.1, -0.05) is 24.3 Å². The number of para-hydroxylation sites is 1. The summed E-state index contributed by atoms with van der Waals surface area (Å²) in [6.45, 7) is 6.29. The molecule has 1 amide bonds. The van der Waals surface area contributed by atoms with Crippen LogP contribution in [0.2, 0.25) is 0 Å². The second kappa shape index (κ2) is 8.45. The Bertz CT molecular complexity index is 986. The Labute approximate surface area is 170 Å². The van der Waals surface area contributed by atoms with Crippen LogP contribution >= 0.6 is 0 Å². The molecule has 7 heteroatoms. The summed E-state index contributed by atoms with van der Waals surface area (Å²) in [5.41, 5.74) is 3.06. The lowest BCUT2D eigenvalue weighted by Crippen LogP contribution is -2.39. The molecule has 1 N–H and O–H groups in total. The lowest BCUT2D eigenvalue weighted by molar-refractivity contribution is -0.123. The number of hydrogen-bond donors (Lipinski definition) is 1. The molecule has 7 nitrogen and oxygen atoms in total. The first-order valence-electron chi connectivity index (χ1n) is 9.80. The third-order valence-electron chi connectivity index (χ3n) is 5.16. The first-order chi connectivity index (χ1) is 14.1. The minimum atomic E-state index is -0.143. The normalized spacial score (nSPS) is 15.1. The van der Waals surface area contributed by atoms with Crippen LogP contribution in [0.1, 0.15) is 29.8 Å². The minimum Gasteiger partial charge on any atom is -0.492 e. The molecule has 1 aliphatic rings. The first-order valence-corrected chi connectivity index (χ1v) is 9.80. The number of nitrogens with zero attached hydrogens (tertiary/aromatic N) is 4. The minimum absolute atomic E-state index is 0.0122. The van der Waals surface area contributed by atoms with Gasteiger partial charge in [-0.25, -0.2) is 9.67 Å². The molecule has 150 valence electrons. The van der Waals surface area contributed by atoms with Gasteiger partial charge >= 0.3 is 0 Å². The molecule has 1 aliphatic heterocycles. The number of hydrogen-bond acceptors (Lipinski definition) is 5. The van der Waals surface area contributed by atoms with E-state index in [2.05, 4.69) is 20.3 Å². The molecule has 0 fully saturated rings. The largest absolute Gasteiger partial charge is 0.492 e. The van der Waals surface area contributed by atoms with Crippen molar-refractivity contribution >= 4 is 5.91 Å². The molecule has 0 saturated heterocycles. The molecule has 0 saturated carbocycles. The van der Waals surface area contributed by atoms with Crippen LogP contribution in [0.15, 0.2) is 54.9 Å². The molecule has 3 heterocycles. The molecule has 0 unspecified atom stereocenters. The molecule has 3 aromatic rings. The highest BCUT2D eigenvalue weighted by Crippen LogP contribution is 2.22. The average Bonchev–Trinajstić information content (AvgIpc) is 2.99. The number of nitrogens with one attached hydrogen (secondary N) is 1. The van der Waals surface area contributed by atoms with E-state index < -0.39 is 0 Å². The van der Waals surface area contributed by atoms with E-state index in [0.29, 0.717) is 26.2 Å². The van der Waals surface area contributed by atoms with Crippen LogP contribution < -0.4 is 10.1 Å². The lowest BCUT2D eigenvalue weighted by atomic mass is 10.1. The number of pyridine rings is 1. The summed E-state index contributed by atoms with van der Waals surface area (Å²) >= 11 is 0. The van der Waals surface area contributed by atoms with Crippen LogP contribution in [0.25, 0.3) is 5.82 Å². The van der Waals surface area contributed by atoms with Crippen molar-refractivity contribution in [2.45, 2.75) is 26.4 Å². The average molecular weight is 391 g/mol. The number of carbonyl (C=O) groups excluding carboxylic acids is 1. The zero-order valence-electron chi connectivity index (χ0n) is 16.7. The number of benzene rings is 1. The van der Waals surface area contributed by atoms with Gasteiger partial charge in [0.2, 0.25) is 5.91 Å². The Morgan fingerprint density at radius 1 is 1.24 bits per heavy atom. The number of ether oxygens (including phenoxy) is 1. The van der Waals surface area contributed by atoms with Gasteiger partial charge in [0.1, 0.15) is 12.4 Å². The van der Waals surface area contributed by atoms with Crippen molar-refractivity contribution in [1.29, 1.82) is 0 Å². The molecular formula is C22H25N5O2. The maximum Gasteiger partial charge on any atom is 0.234 e. The fraction of sp³-hybridized carbons (Fsp3) is 0.318. The Morgan fingerprint density at radius 2 is 2.07 bits per heavy atom. The molecule has 2 aromatic heterocycles. The fourth-order valence-electron chi connectivity index (χ4n) is 3.64. The first kappa shape index (κ1) is 19.1. The standard InChI is InChI=1S/C22H25N5O2/c1-16(19-13-24-27(17(19)2)21-9-5-6-10-23-21)25-22(28)15-26-11-12-29-20-8-4-3-7-18(20)14-26/h3-10,13,16H,11-12,14-15H2,1-2H3,(H,25,28)/t16-/m0/s1. The smallest absolute Gasteiger partial charge is 0.234 e. The molecule has 0 aliphatic carbocycles. The van der Waals surface area contributed by atoms with Crippen LogP contribution in [-0.4, -0.2) is 45.3 Å². The zero-order chi connectivity index (χ0) is 20.2. The molecule has 0 bridgehead atoms. The molecule has 1 aromatic carbocycles. The van der Waals surface area contributed by atoms with E-state index >= 15 is 0 Å². The second-order valence-corrected chi connectivity index (χ2v) is 7.24. The monoisotopic (exact) mass is 391 g/mol. The SMILES string of the molecule is Cc1c([C@H](C)NC(=O)CN2CCOc3ccccc3C2)cnn1-c1ccccn1. The quantitative estimate of drug-likeness (QED) is 0.724. The lowest BCUT2D eigenvalue weighted by Gasteiger charge is -2.21. The van der Waals surface area contributed by atoms with Crippen molar-refractivity contribution in [3.63, 3.8) is 0 Å². The maximum absolute atomic E-state index is 12.7. The van der Waals surface area contributed by atoms with Gasteiger partial charge in [0.05, 0.1) is 18.8 Å². The summed E-state index contributed by atoms with van der Waals surface area (Å²) in [5.74, 6) is 1.65. The number of amides is 1. The maximum atomic E-state index is 12.7. The summed E-state index contributed by atoms with van der Waals surface area (Å²) < 4.78 is 7.57. The molecule has 29 heavy (non-hydrogen) atoms. The van der Waals surface area contributed by atoms with Crippen molar-refractivity contribution < 1.29 is 9.53 Å². The number of carbonyl (C=O) groups is 1. The van der Waals surface area contributed by atoms with Gasteiger partial charge in [-0.05, 0) is 32.0 Å². The molecule has 0 spiro atoms. The topological polar surface area (TPSA) is 72.3 Å². The summed E-state index contributed by atoms with van der Waals surface area (Å²) in [7, 11) is 0. The van der Waals surface area contributed by atoms with Crippen molar-refractivity contribution in [2.75, 3.05) is 19.7 Å². The van der Waals surface area contributed by atoms with E-state index in [1.54, 1.807) is 17.1 Å². The van der Waals surface area contributed by atoms with Gasteiger partial charge in [0.15, 0.2) is 5.82 Å². The highest BCUT2D eigenvalue weighted by atomic mass is 16.5. The highest BCUT2D eigenvalue weighted by Gasteiger charge is 2.20. The summed E-state index contributed by atoms with van der Waals surface area (Å²) in [4.78, 5) is 19.1. The molecule has 1 atom stereocenters. The van der Waals surface area contributed by atoms with E-state index in [-0.39, 0.29) is 11.9 Å². The highest BCUT2D eigenvalue weighted by molar-refractivity contribution is 5.78. The van der Waals surface area contributed by atoms with Crippen molar-refractivity contribution in [1.82, 2.24) is 25.0 Å². The summed E-state index contributed by atoms with van der Waals surface area (Å²) in [5, 5.41) is 7.54. The van der Waals surface area contributed by atoms with Gasteiger partial charge in [-0.2, -0.15) is 5.10 Å². The number of fused-ring (bicyclic) bond motifs is 1. The third-order valence-corrected chi connectivity index (χ3v) is 5.16. The van der Waals surface area contributed by atoms with Gasteiger partial charge in [0.25, 0.3) is 0 Å². The summed E-state index contributed by atoms with van der Waals surface area (Å²) in [6, 6.07) is 13.6.